The summed E-state index contributed by atoms with van der Waals surface area (Å²) in [6, 6.07) is 11.6. The molecule has 0 fully saturated rings. The Morgan fingerprint density at radius 2 is 1.48 bits per heavy atom. The number of aryl methyl sites for hydroxylation is 2. The lowest BCUT2D eigenvalue weighted by atomic mass is 10.1. The van der Waals surface area contributed by atoms with Gasteiger partial charge in [0.15, 0.2) is 6.10 Å². The molecule has 0 saturated carbocycles. The number of rotatable bonds is 8. The topological polar surface area (TPSA) is 102 Å². The summed E-state index contributed by atoms with van der Waals surface area (Å²) in [5.74, 6) is -1.76. The predicted molar refractivity (Wildman–Crippen MR) is 118 cm³/mol. The zero-order chi connectivity index (χ0) is 23.1. The number of carbonyl (C=O) groups is 4. The zero-order valence-electron chi connectivity index (χ0n) is 18.4. The van der Waals surface area contributed by atoms with E-state index in [0.717, 1.165) is 11.1 Å². The molecule has 0 saturated heterocycles. The van der Waals surface area contributed by atoms with Crippen molar-refractivity contribution < 1.29 is 23.9 Å². The Hall–Kier alpha value is -3.48. The maximum Gasteiger partial charge on any atom is 0.326 e. The molecule has 7 heteroatoms. The summed E-state index contributed by atoms with van der Waals surface area (Å²) in [7, 11) is 0. The minimum absolute atomic E-state index is 0.121. The normalized spacial score (nSPS) is 11.5. The van der Waals surface area contributed by atoms with Crippen LogP contribution >= 0.6 is 0 Å². The molecule has 7 nitrogen and oxygen atoms in total. The van der Waals surface area contributed by atoms with E-state index in [-0.39, 0.29) is 24.2 Å². The van der Waals surface area contributed by atoms with Crippen LogP contribution in [0.1, 0.15) is 52.6 Å². The molecule has 0 aliphatic carbocycles. The van der Waals surface area contributed by atoms with E-state index >= 15 is 0 Å². The Kier molecular flexibility index (Phi) is 8.07. The lowest BCUT2D eigenvalue weighted by Crippen LogP contribution is -2.34. The number of carbonyl (C=O) groups excluding carboxylic acids is 4. The maximum atomic E-state index is 12.5. The van der Waals surface area contributed by atoms with E-state index in [1.165, 1.54) is 6.92 Å². The molecule has 0 spiro atoms. The second-order valence-electron chi connectivity index (χ2n) is 7.70. The van der Waals surface area contributed by atoms with Crippen molar-refractivity contribution in [2.24, 2.45) is 5.92 Å². The molecule has 0 aliphatic rings. The van der Waals surface area contributed by atoms with Gasteiger partial charge in [-0.3, -0.25) is 19.2 Å². The van der Waals surface area contributed by atoms with Crippen LogP contribution in [-0.4, -0.2) is 36.2 Å². The number of nitrogens with one attached hydrogen (secondary N) is 2. The number of amides is 2. The van der Waals surface area contributed by atoms with E-state index in [2.05, 4.69) is 10.6 Å². The smallest absolute Gasteiger partial charge is 0.326 e. The molecular formula is C24H28N2O5. The number of ether oxygens (including phenoxy) is 1. The Bertz CT molecular complexity index is 980. The molecule has 0 heterocycles. The van der Waals surface area contributed by atoms with Gasteiger partial charge in [-0.25, -0.2) is 0 Å². The molecule has 1 unspecified atom stereocenters. The van der Waals surface area contributed by atoms with Crippen LogP contribution in [0.5, 0.6) is 0 Å². The monoisotopic (exact) mass is 424 g/mol. The van der Waals surface area contributed by atoms with Crippen molar-refractivity contribution in [1.29, 1.82) is 0 Å². The highest BCUT2D eigenvalue weighted by Gasteiger charge is 2.20. The van der Waals surface area contributed by atoms with Gasteiger partial charge in [0.1, 0.15) is 6.54 Å². The van der Waals surface area contributed by atoms with Crippen molar-refractivity contribution in [2.75, 3.05) is 11.9 Å². The third-order valence-electron chi connectivity index (χ3n) is 4.80. The summed E-state index contributed by atoms with van der Waals surface area (Å²) in [6.07, 6.45) is -1.01. The third-order valence-corrected chi connectivity index (χ3v) is 4.80. The van der Waals surface area contributed by atoms with Crippen LogP contribution in [0, 0.1) is 19.8 Å². The van der Waals surface area contributed by atoms with Gasteiger partial charge in [-0.05, 0) is 68.3 Å². The fourth-order valence-electron chi connectivity index (χ4n) is 2.67. The van der Waals surface area contributed by atoms with Crippen LogP contribution in [0.4, 0.5) is 5.69 Å². The molecule has 1 atom stereocenters. The van der Waals surface area contributed by atoms with Crippen molar-refractivity contribution in [2.45, 2.75) is 40.7 Å². The largest absolute Gasteiger partial charge is 0.453 e. The zero-order valence-corrected chi connectivity index (χ0v) is 18.4. The van der Waals surface area contributed by atoms with Crippen LogP contribution in [-0.2, 0) is 14.3 Å². The first-order valence-corrected chi connectivity index (χ1v) is 10.1. The molecule has 2 aromatic carbocycles. The van der Waals surface area contributed by atoms with Crippen molar-refractivity contribution in [1.82, 2.24) is 5.32 Å². The van der Waals surface area contributed by atoms with E-state index in [9.17, 15) is 19.2 Å². The van der Waals surface area contributed by atoms with Gasteiger partial charge in [-0.1, -0.05) is 19.9 Å². The summed E-state index contributed by atoms with van der Waals surface area (Å²) in [6.45, 7) is 8.55. The first-order valence-electron chi connectivity index (χ1n) is 10.1. The highest BCUT2D eigenvalue weighted by Crippen LogP contribution is 2.14. The molecule has 2 rings (SSSR count). The lowest BCUT2D eigenvalue weighted by Gasteiger charge is -2.14. The van der Waals surface area contributed by atoms with Gasteiger partial charge in [0.05, 0.1) is 0 Å². The van der Waals surface area contributed by atoms with Crippen molar-refractivity contribution >= 4 is 29.3 Å². The van der Waals surface area contributed by atoms with E-state index < -0.39 is 18.0 Å². The number of ketones is 1. The van der Waals surface area contributed by atoms with Gasteiger partial charge < -0.3 is 15.4 Å². The quantitative estimate of drug-likeness (QED) is 0.499. The SMILES string of the molecule is Cc1ccc(C(=O)NCC(=O)OC(C)C(=O)c2ccc(NC(=O)C(C)C)cc2)cc1C. The van der Waals surface area contributed by atoms with Crippen LogP contribution in [0.15, 0.2) is 42.5 Å². The molecular weight excluding hydrogens is 396 g/mol. The van der Waals surface area contributed by atoms with Gasteiger partial charge in [0.2, 0.25) is 11.7 Å². The van der Waals surface area contributed by atoms with E-state index in [0.29, 0.717) is 16.8 Å². The minimum Gasteiger partial charge on any atom is -0.453 e. The predicted octanol–water partition coefficient (Wildman–Crippen LogP) is 3.44. The Labute approximate surface area is 182 Å². The summed E-state index contributed by atoms with van der Waals surface area (Å²) >= 11 is 0. The number of Topliss-reactive ketones (excluding diaryl/α,β-unsaturated/α-hetero) is 1. The standard InChI is InChI=1S/C24H28N2O5/c1-14(2)23(29)26-20-10-8-18(9-11-20)22(28)17(5)31-21(27)13-25-24(30)19-7-6-15(3)16(4)12-19/h6-12,14,17H,13H2,1-5H3,(H,25,30)(H,26,29). The van der Waals surface area contributed by atoms with Crippen molar-refractivity contribution in [3.8, 4) is 0 Å². The van der Waals surface area contributed by atoms with Crippen molar-refractivity contribution in [3.05, 3.63) is 64.7 Å². The van der Waals surface area contributed by atoms with Crippen molar-refractivity contribution in [3.63, 3.8) is 0 Å². The average Bonchev–Trinajstić information content (AvgIpc) is 2.73. The minimum atomic E-state index is -1.01. The van der Waals surface area contributed by atoms with Crippen LogP contribution in [0.2, 0.25) is 0 Å². The molecule has 2 aromatic rings. The molecule has 0 aliphatic heterocycles. The fraction of sp³-hybridized carbons (Fsp3) is 0.333. The molecule has 0 aromatic heterocycles. The maximum absolute atomic E-state index is 12.5. The average molecular weight is 424 g/mol. The second-order valence-corrected chi connectivity index (χ2v) is 7.70. The lowest BCUT2D eigenvalue weighted by molar-refractivity contribution is -0.145. The van der Waals surface area contributed by atoms with Gasteiger partial charge in [-0.2, -0.15) is 0 Å². The Balaban J connectivity index is 1.87. The van der Waals surface area contributed by atoms with Crippen LogP contribution < -0.4 is 10.6 Å². The van der Waals surface area contributed by atoms with Gasteiger partial charge in [0, 0.05) is 22.7 Å². The van der Waals surface area contributed by atoms with E-state index in [1.807, 2.05) is 19.9 Å². The number of benzene rings is 2. The number of hydrogen-bond acceptors (Lipinski definition) is 5. The summed E-state index contributed by atoms with van der Waals surface area (Å²) in [5, 5.41) is 5.24. The van der Waals surface area contributed by atoms with Gasteiger partial charge >= 0.3 is 5.97 Å². The van der Waals surface area contributed by atoms with Gasteiger partial charge in [0.25, 0.3) is 5.91 Å². The Morgan fingerprint density at radius 1 is 0.871 bits per heavy atom. The number of esters is 1. The number of anilines is 1. The molecule has 2 N–H and O–H groups in total. The summed E-state index contributed by atoms with van der Waals surface area (Å²) in [4.78, 5) is 48.5. The van der Waals surface area contributed by atoms with Gasteiger partial charge in [-0.15, -0.1) is 0 Å². The van der Waals surface area contributed by atoms with Crippen LogP contribution in [0.3, 0.4) is 0 Å². The van der Waals surface area contributed by atoms with E-state index in [1.54, 1.807) is 50.2 Å². The first kappa shape index (κ1) is 23.8. The molecule has 31 heavy (non-hydrogen) atoms. The summed E-state index contributed by atoms with van der Waals surface area (Å²) in [5.41, 5.74) is 3.42. The molecule has 2 amide bonds. The fourth-order valence-corrected chi connectivity index (χ4v) is 2.67. The molecule has 164 valence electrons. The highest BCUT2D eigenvalue weighted by atomic mass is 16.5. The second kappa shape index (κ2) is 10.5. The Morgan fingerprint density at radius 3 is 2.06 bits per heavy atom. The summed E-state index contributed by atoms with van der Waals surface area (Å²) < 4.78 is 5.15. The first-order chi connectivity index (χ1) is 14.6. The molecule has 0 radical (unpaired) electrons. The number of hydrogen-bond donors (Lipinski definition) is 2. The highest BCUT2D eigenvalue weighted by molar-refractivity contribution is 6.01. The third kappa shape index (κ3) is 6.77. The van der Waals surface area contributed by atoms with E-state index in [4.69, 9.17) is 4.74 Å². The van der Waals surface area contributed by atoms with Crippen LogP contribution in [0.25, 0.3) is 0 Å². The molecule has 0 bridgehead atoms.